The molecule has 1 aromatic rings. The lowest BCUT2D eigenvalue weighted by Gasteiger charge is -2.20. The third-order valence-electron chi connectivity index (χ3n) is 3.11. The molecule has 0 spiro atoms. The fourth-order valence-electron chi connectivity index (χ4n) is 2.06. The summed E-state index contributed by atoms with van der Waals surface area (Å²) in [5.41, 5.74) is 1.65. The number of esters is 1. The normalized spacial score (nSPS) is 22.1. The Hall–Kier alpha value is -1.33. The Morgan fingerprint density at radius 1 is 1.20 bits per heavy atom. The van der Waals surface area contributed by atoms with Crippen LogP contribution >= 0.6 is 23.5 Å². The van der Waals surface area contributed by atoms with Crippen LogP contribution in [-0.4, -0.2) is 24.6 Å². The second-order valence-electron chi connectivity index (χ2n) is 4.36. The first kappa shape index (κ1) is 13.6. The van der Waals surface area contributed by atoms with Gasteiger partial charge in [0.15, 0.2) is 0 Å². The van der Waals surface area contributed by atoms with Gasteiger partial charge in [-0.2, -0.15) is 0 Å². The Bertz CT molecular complexity index is 567. The van der Waals surface area contributed by atoms with Crippen LogP contribution in [0, 0.1) is 0 Å². The van der Waals surface area contributed by atoms with Gasteiger partial charge in [0, 0.05) is 11.5 Å². The van der Waals surface area contributed by atoms with E-state index in [9.17, 15) is 4.79 Å². The van der Waals surface area contributed by atoms with Crippen molar-refractivity contribution in [3.05, 3.63) is 51.8 Å². The summed E-state index contributed by atoms with van der Waals surface area (Å²) in [6.07, 6.45) is 3.51. The minimum atomic E-state index is -0.311. The molecular formula is C15H14O3S2. The van der Waals surface area contributed by atoms with Crippen molar-refractivity contribution in [1.29, 1.82) is 0 Å². The number of rotatable bonds is 2. The topological polar surface area (TPSA) is 35.5 Å². The standard InChI is InChI=1S/C15H14O3S2/c1-17-11-4-2-10(3-5-11)13-7-6-12(14(16)18-13)15-19-8-9-20-15/h2-7,13H,8-9H2,1H3. The molecule has 0 saturated carbocycles. The number of carbonyl (C=O) groups excluding carboxylic acids is 1. The summed E-state index contributed by atoms with van der Waals surface area (Å²) in [4.78, 5) is 12.1. The summed E-state index contributed by atoms with van der Waals surface area (Å²) in [6, 6.07) is 7.57. The highest BCUT2D eigenvalue weighted by atomic mass is 32.2. The lowest BCUT2D eigenvalue weighted by molar-refractivity contribution is -0.142. The number of cyclic esters (lactones) is 1. The molecule has 2 aliphatic heterocycles. The predicted octanol–water partition coefficient (Wildman–Crippen LogP) is 3.54. The van der Waals surface area contributed by atoms with E-state index in [0.29, 0.717) is 5.57 Å². The maximum Gasteiger partial charge on any atom is 0.340 e. The molecule has 2 aliphatic rings. The van der Waals surface area contributed by atoms with E-state index in [4.69, 9.17) is 9.47 Å². The molecule has 1 fully saturated rings. The number of thioether (sulfide) groups is 2. The van der Waals surface area contributed by atoms with Crippen LogP contribution in [0.5, 0.6) is 5.75 Å². The maximum absolute atomic E-state index is 12.1. The first-order valence-electron chi connectivity index (χ1n) is 6.31. The van der Waals surface area contributed by atoms with E-state index in [1.807, 2.05) is 36.4 Å². The molecule has 104 valence electrons. The number of benzene rings is 1. The highest BCUT2D eigenvalue weighted by molar-refractivity contribution is 8.25. The van der Waals surface area contributed by atoms with E-state index in [0.717, 1.165) is 27.1 Å². The van der Waals surface area contributed by atoms with E-state index in [1.54, 1.807) is 30.6 Å². The molecule has 3 nitrogen and oxygen atoms in total. The molecule has 1 aromatic carbocycles. The summed E-state index contributed by atoms with van der Waals surface area (Å²) >= 11 is 3.46. The summed E-state index contributed by atoms with van der Waals surface area (Å²) < 4.78 is 11.7. The van der Waals surface area contributed by atoms with E-state index in [-0.39, 0.29) is 12.1 Å². The van der Waals surface area contributed by atoms with Crippen molar-refractivity contribution in [1.82, 2.24) is 0 Å². The molecule has 3 rings (SSSR count). The SMILES string of the molecule is COc1ccc(C2C=CC(=C3SCCS3)C(=O)O2)cc1. The zero-order valence-corrected chi connectivity index (χ0v) is 12.6. The van der Waals surface area contributed by atoms with Crippen molar-refractivity contribution in [2.75, 3.05) is 18.6 Å². The first-order chi connectivity index (χ1) is 9.78. The molecule has 2 heterocycles. The molecular weight excluding hydrogens is 292 g/mol. The largest absolute Gasteiger partial charge is 0.497 e. The molecule has 0 N–H and O–H groups in total. The molecule has 1 unspecified atom stereocenters. The van der Waals surface area contributed by atoms with Gasteiger partial charge in [-0.25, -0.2) is 4.79 Å². The van der Waals surface area contributed by atoms with Gasteiger partial charge in [-0.05, 0) is 29.8 Å². The minimum absolute atomic E-state index is 0.231. The van der Waals surface area contributed by atoms with Gasteiger partial charge < -0.3 is 9.47 Å². The van der Waals surface area contributed by atoms with Crippen molar-refractivity contribution in [2.45, 2.75) is 6.10 Å². The van der Waals surface area contributed by atoms with Crippen molar-refractivity contribution in [2.24, 2.45) is 0 Å². The van der Waals surface area contributed by atoms with Gasteiger partial charge in [0.05, 0.1) is 16.9 Å². The highest BCUT2D eigenvalue weighted by Gasteiger charge is 2.26. The van der Waals surface area contributed by atoms with E-state index in [1.165, 1.54) is 0 Å². The summed E-state index contributed by atoms with van der Waals surface area (Å²) in [5.74, 6) is 2.69. The van der Waals surface area contributed by atoms with Crippen molar-refractivity contribution >= 4 is 29.5 Å². The third kappa shape index (κ3) is 2.74. The van der Waals surface area contributed by atoms with Crippen molar-refractivity contribution in [3.63, 3.8) is 0 Å². The summed E-state index contributed by atoms with van der Waals surface area (Å²) in [5, 5.41) is 0. The smallest absolute Gasteiger partial charge is 0.340 e. The van der Waals surface area contributed by atoms with E-state index >= 15 is 0 Å². The van der Waals surface area contributed by atoms with Crippen LogP contribution in [0.1, 0.15) is 11.7 Å². The Kier molecular flexibility index (Phi) is 4.08. The van der Waals surface area contributed by atoms with Crippen LogP contribution in [0.3, 0.4) is 0 Å². The van der Waals surface area contributed by atoms with Gasteiger partial charge in [-0.15, -0.1) is 23.5 Å². The maximum atomic E-state index is 12.1. The lowest BCUT2D eigenvalue weighted by atomic mass is 10.1. The molecule has 0 aromatic heterocycles. The summed E-state index contributed by atoms with van der Waals surface area (Å²) in [7, 11) is 1.63. The Morgan fingerprint density at radius 3 is 2.50 bits per heavy atom. The first-order valence-corrected chi connectivity index (χ1v) is 8.28. The van der Waals surface area contributed by atoms with Crippen LogP contribution in [0.4, 0.5) is 0 Å². The second-order valence-corrected chi connectivity index (χ2v) is 6.83. The van der Waals surface area contributed by atoms with Gasteiger partial charge in [-0.1, -0.05) is 12.1 Å². The number of hydrogen-bond acceptors (Lipinski definition) is 5. The van der Waals surface area contributed by atoms with Crippen LogP contribution in [0.25, 0.3) is 0 Å². The summed E-state index contributed by atoms with van der Waals surface area (Å²) in [6.45, 7) is 0. The van der Waals surface area contributed by atoms with E-state index in [2.05, 4.69) is 0 Å². The fourth-order valence-corrected chi connectivity index (χ4v) is 4.54. The number of hydrogen-bond donors (Lipinski definition) is 0. The quantitative estimate of drug-likeness (QED) is 0.617. The van der Waals surface area contributed by atoms with Crippen LogP contribution < -0.4 is 4.74 Å². The van der Waals surface area contributed by atoms with Gasteiger partial charge in [0.2, 0.25) is 0 Å². The minimum Gasteiger partial charge on any atom is -0.497 e. The molecule has 0 bridgehead atoms. The van der Waals surface area contributed by atoms with Gasteiger partial charge in [0.1, 0.15) is 11.9 Å². The monoisotopic (exact) mass is 306 g/mol. The number of methoxy groups -OCH3 is 1. The van der Waals surface area contributed by atoms with Crippen molar-refractivity contribution in [3.8, 4) is 5.75 Å². The van der Waals surface area contributed by atoms with Crippen LogP contribution in [0.15, 0.2) is 46.2 Å². The van der Waals surface area contributed by atoms with Gasteiger partial charge in [-0.3, -0.25) is 0 Å². The molecule has 1 atom stereocenters. The Labute approximate surface area is 126 Å². The molecule has 20 heavy (non-hydrogen) atoms. The average molecular weight is 306 g/mol. The molecule has 0 amide bonds. The fraction of sp³-hybridized carbons (Fsp3) is 0.267. The lowest BCUT2D eigenvalue weighted by Crippen LogP contribution is -2.16. The zero-order valence-electron chi connectivity index (χ0n) is 11.0. The van der Waals surface area contributed by atoms with Crippen LogP contribution in [0.2, 0.25) is 0 Å². The van der Waals surface area contributed by atoms with E-state index < -0.39 is 0 Å². The molecule has 5 heteroatoms. The number of ether oxygens (including phenoxy) is 2. The van der Waals surface area contributed by atoms with Gasteiger partial charge in [0.25, 0.3) is 0 Å². The van der Waals surface area contributed by atoms with Crippen molar-refractivity contribution < 1.29 is 14.3 Å². The second kappa shape index (κ2) is 5.97. The average Bonchev–Trinajstić information content (AvgIpc) is 3.01. The zero-order chi connectivity index (χ0) is 13.9. The Morgan fingerprint density at radius 2 is 1.90 bits per heavy atom. The highest BCUT2D eigenvalue weighted by Crippen LogP contribution is 2.41. The molecule has 1 saturated heterocycles. The molecule has 0 aliphatic carbocycles. The predicted molar refractivity (Wildman–Crippen MR) is 82.9 cm³/mol. The van der Waals surface area contributed by atoms with Gasteiger partial charge >= 0.3 is 5.97 Å². The molecule has 0 radical (unpaired) electrons. The third-order valence-corrected chi connectivity index (χ3v) is 5.85. The Balaban J connectivity index is 1.82. The van der Waals surface area contributed by atoms with Crippen LogP contribution in [-0.2, 0) is 9.53 Å². The number of carbonyl (C=O) groups is 1.